The quantitative estimate of drug-likeness (QED) is 0.850. The van der Waals surface area contributed by atoms with E-state index in [1.54, 1.807) is 29.7 Å². The fraction of sp³-hybridized carbons (Fsp3) is 0.231. The van der Waals surface area contributed by atoms with E-state index in [4.69, 9.17) is 4.74 Å². The highest BCUT2D eigenvalue weighted by Crippen LogP contribution is 2.22. The van der Waals surface area contributed by atoms with Crippen molar-refractivity contribution in [2.45, 2.75) is 13.1 Å². The number of hydrogen-bond donors (Lipinski definition) is 1. The lowest BCUT2D eigenvalue weighted by molar-refractivity contribution is 0.0598. The van der Waals surface area contributed by atoms with Crippen LogP contribution in [-0.2, 0) is 17.8 Å². The van der Waals surface area contributed by atoms with Gasteiger partial charge in [0.1, 0.15) is 0 Å². The van der Waals surface area contributed by atoms with Gasteiger partial charge in [0, 0.05) is 28.6 Å². The predicted octanol–water partition coefficient (Wildman–Crippen LogP) is 2.98. The van der Waals surface area contributed by atoms with Crippen molar-refractivity contribution in [1.82, 2.24) is 10.3 Å². The lowest BCUT2D eigenvalue weighted by Gasteiger charge is -2.07. The molecule has 2 aromatic rings. The number of esters is 1. The molecule has 0 saturated carbocycles. The molecule has 0 saturated heterocycles. The Morgan fingerprint density at radius 1 is 1.47 bits per heavy atom. The molecule has 2 rings (SSSR count). The molecule has 0 amide bonds. The normalized spacial score (nSPS) is 10.4. The van der Waals surface area contributed by atoms with Gasteiger partial charge in [0.2, 0.25) is 0 Å². The third kappa shape index (κ3) is 3.62. The molecule has 2 aromatic heterocycles. The molecule has 100 valence electrons. The highest BCUT2D eigenvalue weighted by Gasteiger charge is 2.12. The number of pyridine rings is 1. The van der Waals surface area contributed by atoms with Gasteiger partial charge in [-0.25, -0.2) is 4.79 Å². The predicted molar refractivity (Wildman–Crippen MR) is 78.1 cm³/mol. The van der Waals surface area contributed by atoms with E-state index in [1.165, 1.54) is 12.0 Å². The molecule has 0 spiro atoms. The van der Waals surface area contributed by atoms with Gasteiger partial charge in [-0.05, 0) is 39.5 Å². The third-order valence-corrected chi connectivity index (χ3v) is 4.49. The van der Waals surface area contributed by atoms with Crippen LogP contribution in [0, 0.1) is 0 Å². The molecule has 4 nitrogen and oxygen atoms in total. The Morgan fingerprint density at radius 2 is 2.32 bits per heavy atom. The van der Waals surface area contributed by atoms with E-state index in [1.807, 2.05) is 11.4 Å². The van der Waals surface area contributed by atoms with Gasteiger partial charge in [0.25, 0.3) is 0 Å². The summed E-state index contributed by atoms with van der Waals surface area (Å²) < 4.78 is 5.83. The number of methoxy groups -OCH3 is 1. The summed E-state index contributed by atoms with van der Waals surface area (Å²) in [7, 11) is 1.37. The van der Waals surface area contributed by atoms with Gasteiger partial charge in [-0.3, -0.25) is 4.98 Å². The third-order valence-electron chi connectivity index (χ3n) is 2.56. The zero-order chi connectivity index (χ0) is 13.7. The molecule has 0 unspecified atom stereocenters. The van der Waals surface area contributed by atoms with Crippen molar-refractivity contribution in [3.05, 3.63) is 50.4 Å². The highest BCUT2D eigenvalue weighted by atomic mass is 79.9. The van der Waals surface area contributed by atoms with Crippen LogP contribution in [0.25, 0.3) is 0 Å². The summed E-state index contributed by atoms with van der Waals surface area (Å²) in [5, 5.41) is 5.30. The summed E-state index contributed by atoms with van der Waals surface area (Å²) >= 11 is 5.16. The van der Waals surface area contributed by atoms with E-state index in [0.29, 0.717) is 17.8 Å². The number of rotatable bonds is 5. The van der Waals surface area contributed by atoms with Gasteiger partial charge in [0.05, 0.1) is 18.4 Å². The Hall–Kier alpha value is -1.24. The molecule has 19 heavy (non-hydrogen) atoms. The number of nitrogens with one attached hydrogen (secondary N) is 1. The summed E-state index contributed by atoms with van der Waals surface area (Å²) in [6, 6.07) is 5.46. The smallest absolute Gasteiger partial charge is 0.339 e. The van der Waals surface area contributed by atoms with E-state index in [0.717, 1.165) is 11.0 Å². The Labute approximate surface area is 124 Å². The van der Waals surface area contributed by atoms with Crippen LogP contribution in [0.2, 0.25) is 0 Å². The number of ether oxygens (including phenoxy) is 1. The molecular weight excluding hydrogens is 328 g/mol. The number of halogens is 1. The monoisotopic (exact) mass is 340 g/mol. The molecule has 1 N–H and O–H groups in total. The average molecular weight is 341 g/mol. The average Bonchev–Trinajstić information content (AvgIpc) is 2.84. The molecule has 0 radical (unpaired) electrons. The Kier molecular flexibility index (Phi) is 5.07. The molecule has 0 bridgehead atoms. The Balaban J connectivity index is 2.00. The minimum absolute atomic E-state index is 0.359. The molecule has 0 aliphatic rings. The van der Waals surface area contributed by atoms with Crippen molar-refractivity contribution < 1.29 is 9.53 Å². The number of carbonyl (C=O) groups is 1. The second kappa shape index (κ2) is 6.79. The van der Waals surface area contributed by atoms with Crippen LogP contribution in [0.5, 0.6) is 0 Å². The number of carbonyl (C=O) groups excluding carboxylic acids is 1. The first-order valence-electron chi connectivity index (χ1n) is 5.67. The van der Waals surface area contributed by atoms with Crippen LogP contribution in [0.4, 0.5) is 0 Å². The summed E-state index contributed by atoms with van der Waals surface area (Å²) in [6.45, 7) is 1.26. The maximum absolute atomic E-state index is 11.6. The maximum Gasteiger partial charge on any atom is 0.339 e. The first-order chi connectivity index (χ1) is 9.22. The molecular formula is C13H13BrN2O2S. The molecule has 0 aliphatic carbocycles. The number of thiophene rings is 1. The Morgan fingerprint density at radius 3 is 3.00 bits per heavy atom. The summed E-state index contributed by atoms with van der Waals surface area (Å²) in [5.74, 6) is -0.359. The minimum atomic E-state index is -0.359. The second-order valence-corrected chi connectivity index (χ2v) is 5.64. The van der Waals surface area contributed by atoms with Crippen LogP contribution >= 0.6 is 27.3 Å². The second-order valence-electron chi connectivity index (χ2n) is 3.78. The molecule has 0 fully saturated rings. The van der Waals surface area contributed by atoms with Crippen LogP contribution in [0.3, 0.4) is 0 Å². The van der Waals surface area contributed by atoms with Crippen molar-refractivity contribution in [2.24, 2.45) is 0 Å². The van der Waals surface area contributed by atoms with Gasteiger partial charge in [-0.15, -0.1) is 11.3 Å². The molecule has 0 atom stereocenters. The molecule has 0 aromatic carbocycles. The maximum atomic E-state index is 11.6. The van der Waals surface area contributed by atoms with Gasteiger partial charge >= 0.3 is 5.97 Å². The zero-order valence-electron chi connectivity index (χ0n) is 10.4. The summed E-state index contributed by atoms with van der Waals surface area (Å²) in [5.41, 5.74) is 1.20. The van der Waals surface area contributed by atoms with E-state index >= 15 is 0 Å². The van der Waals surface area contributed by atoms with Crippen molar-refractivity contribution >= 4 is 33.2 Å². The van der Waals surface area contributed by atoms with Crippen LogP contribution in [0.15, 0.2) is 34.2 Å². The lowest BCUT2D eigenvalue weighted by atomic mass is 10.2. The lowest BCUT2D eigenvalue weighted by Crippen LogP contribution is -2.17. The van der Waals surface area contributed by atoms with Crippen molar-refractivity contribution in [1.29, 1.82) is 0 Å². The van der Waals surface area contributed by atoms with E-state index < -0.39 is 0 Å². The molecule has 0 aliphatic heterocycles. The van der Waals surface area contributed by atoms with E-state index in [-0.39, 0.29) is 5.97 Å². The van der Waals surface area contributed by atoms with Crippen LogP contribution < -0.4 is 5.32 Å². The van der Waals surface area contributed by atoms with E-state index in [2.05, 4.69) is 26.2 Å². The highest BCUT2D eigenvalue weighted by molar-refractivity contribution is 9.10. The van der Waals surface area contributed by atoms with Gasteiger partial charge in [-0.1, -0.05) is 0 Å². The zero-order valence-corrected chi connectivity index (χ0v) is 12.8. The fourth-order valence-corrected chi connectivity index (χ4v) is 3.08. The van der Waals surface area contributed by atoms with Gasteiger partial charge in [-0.2, -0.15) is 0 Å². The van der Waals surface area contributed by atoms with Crippen molar-refractivity contribution in [2.75, 3.05) is 7.11 Å². The Bertz CT molecular complexity index is 571. The topological polar surface area (TPSA) is 51.2 Å². The largest absolute Gasteiger partial charge is 0.465 e. The van der Waals surface area contributed by atoms with Crippen LogP contribution in [0.1, 0.15) is 20.9 Å². The standard InChI is InChI=1S/C13H13BrN2O2S/c1-18-13(17)9-3-2-5-16-11(9)7-15-8-12-10(14)4-6-19-12/h2-6,15H,7-8H2,1H3. The van der Waals surface area contributed by atoms with Gasteiger partial charge < -0.3 is 10.1 Å². The van der Waals surface area contributed by atoms with Gasteiger partial charge in [0.15, 0.2) is 0 Å². The molecule has 2 heterocycles. The number of nitrogens with zero attached hydrogens (tertiary/aromatic N) is 1. The first-order valence-corrected chi connectivity index (χ1v) is 7.34. The summed E-state index contributed by atoms with van der Waals surface area (Å²) in [4.78, 5) is 17.0. The van der Waals surface area contributed by atoms with Crippen molar-refractivity contribution in [3.63, 3.8) is 0 Å². The van der Waals surface area contributed by atoms with E-state index in [9.17, 15) is 4.79 Å². The number of hydrogen-bond acceptors (Lipinski definition) is 5. The SMILES string of the molecule is COC(=O)c1cccnc1CNCc1sccc1Br. The first kappa shape index (κ1) is 14.2. The van der Waals surface area contributed by atoms with Crippen molar-refractivity contribution in [3.8, 4) is 0 Å². The number of aromatic nitrogens is 1. The van der Waals surface area contributed by atoms with Crippen LogP contribution in [-0.4, -0.2) is 18.1 Å². The fourth-order valence-electron chi connectivity index (χ4n) is 1.62. The minimum Gasteiger partial charge on any atom is -0.465 e. The summed E-state index contributed by atoms with van der Waals surface area (Å²) in [6.07, 6.45) is 1.67. The molecule has 6 heteroatoms.